The van der Waals surface area contributed by atoms with E-state index in [1.54, 1.807) is 12.1 Å². The third kappa shape index (κ3) is 2.07. The Balaban J connectivity index is 1.90. The van der Waals surface area contributed by atoms with Crippen LogP contribution in [0.25, 0.3) is 0 Å². The molecule has 1 heterocycles. The molecule has 2 heteroatoms. The highest BCUT2D eigenvalue weighted by Crippen LogP contribution is 2.54. The summed E-state index contributed by atoms with van der Waals surface area (Å²) in [6.07, 6.45) is 5.33. The van der Waals surface area contributed by atoms with E-state index in [2.05, 4.69) is 12.2 Å². The van der Waals surface area contributed by atoms with Crippen LogP contribution in [-0.2, 0) is 0 Å². The van der Waals surface area contributed by atoms with Crippen LogP contribution < -0.4 is 5.32 Å². The van der Waals surface area contributed by atoms with Crippen molar-refractivity contribution in [2.24, 2.45) is 11.3 Å². The maximum Gasteiger partial charge on any atom is 0.123 e. The van der Waals surface area contributed by atoms with Gasteiger partial charge >= 0.3 is 0 Å². The quantitative estimate of drug-likeness (QED) is 0.797. The Labute approximate surface area is 109 Å². The van der Waals surface area contributed by atoms with E-state index in [0.29, 0.717) is 11.3 Å². The second-order valence-corrected chi connectivity index (χ2v) is 6.27. The van der Waals surface area contributed by atoms with Gasteiger partial charge in [0.15, 0.2) is 0 Å². The molecule has 0 aromatic heterocycles. The van der Waals surface area contributed by atoms with Gasteiger partial charge in [0.2, 0.25) is 0 Å². The Bertz CT molecular complexity index is 410. The molecule has 3 unspecified atom stereocenters. The molecule has 0 bridgehead atoms. The number of rotatable bonds is 1. The standard InChI is InChI=1S/C16H22FN/c1-12-6-7-16(10-12)8-9-18-11-15(16)13-2-4-14(17)5-3-13/h2-5,12,15,18H,6-11H2,1H3. The maximum absolute atomic E-state index is 13.1. The Morgan fingerprint density at radius 1 is 1.22 bits per heavy atom. The predicted octanol–water partition coefficient (Wildman–Crippen LogP) is 3.71. The summed E-state index contributed by atoms with van der Waals surface area (Å²) in [5, 5.41) is 3.52. The molecule has 2 aliphatic rings. The SMILES string of the molecule is CC1CCC2(CCNCC2c2ccc(F)cc2)C1. The summed E-state index contributed by atoms with van der Waals surface area (Å²) in [6.45, 7) is 4.57. The van der Waals surface area contributed by atoms with Gasteiger partial charge in [-0.15, -0.1) is 0 Å². The number of halogens is 1. The summed E-state index contributed by atoms with van der Waals surface area (Å²) in [4.78, 5) is 0. The van der Waals surface area contributed by atoms with Crippen molar-refractivity contribution in [3.05, 3.63) is 35.6 Å². The van der Waals surface area contributed by atoms with Gasteiger partial charge in [-0.25, -0.2) is 4.39 Å². The van der Waals surface area contributed by atoms with Crippen LogP contribution in [0.3, 0.4) is 0 Å². The van der Waals surface area contributed by atoms with E-state index in [0.717, 1.165) is 19.0 Å². The van der Waals surface area contributed by atoms with Crippen LogP contribution in [0.5, 0.6) is 0 Å². The molecule has 1 aromatic carbocycles. The number of nitrogens with one attached hydrogen (secondary N) is 1. The maximum atomic E-state index is 13.1. The minimum Gasteiger partial charge on any atom is -0.316 e. The van der Waals surface area contributed by atoms with Crippen molar-refractivity contribution in [3.63, 3.8) is 0 Å². The van der Waals surface area contributed by atoms with E-state index in [1.807, 2.05) is 12.1 Å². The van der Waals surface area contributed by atoms with Crippen LogP contribution in [0.1, 0.15) is 44.1 Å². The van der Waals surface area contributed by atoms with Crippen molar-refractivity contribution < 1.29 is 4.39 Å². The summed E-state index contributed by atoms with van der Waals surface area (Å²) >= 11 is 0. The van der Waals surface area contributed by atoms with Gasteiger partial charge in [0.1, 0.15) is 5.82 Å². The van der Waals surface area contributed by atoms with Crippen molar-refractivity contribution in [3.8, 4) is 0 Å². The molecule has 1 saturated heterocycles. The van der Waals surface area contributed by atoms with Crippen LogP contribution >= 0.6 is 0 Å². The zero-order valence-corrected chi connectivity index (χ0v) is 11.1. The van der Waals surface area contributed by atoms with E-state index in [1.165, 1.54) is 31.2 Å². The van der Waals surface area contributed by atoms with Crippen LogP contribution in [0.15, 0.2) is 24.3 Å². The predicted molar refractivity (Wildman–Crippen MR) is 72.1 cm³/mol. The number of hydrogen-bond donors (Lipinski definition) is 1. The van der Waals surface area contributed by atoms with Crippen molar-refractivity contribution in [1.82, 2.24) is 5.32 Å². The molecular weight excluding hydrogens is 225 g/mol. The fraction of sp³-hybridized carbons (Fsp3) is 0.625. The van der Waals surface area contributed by atoms with Crippen molar-refractivity contribution in [2.75, 3.05) is 13.1 Å². The van der Waals surface area contributed by atoms with Gasteiger partial charge in [-0.05, 0) is 54.8 Å². The van der Waals surface area contributed by atoms with Gasteiger partial charge in [0, 0.05) is 12.5 Å². The molecule has 0 radical (unpaired) electrons. The molecule has 2 fully saturated rings. The largest absolute Gasteiger partial charge is 0.316 e. The average Bonchev–Trinajstić information content (AvgIpc) is 2.73. The molecule has 1 nitrogen and oxygen atoms in total. The zero-order valence-electron chi connectivity index (χ0n) is 11.1. The highest BCUT2D eigenvalue weighted by Gasteiger charge is 2.45. The van der Waals surface area contributed by atoms with Gasteiger partial charge in [-0.2, -0.15) is 0 Å². The molecule has 3 rings (SSSR count). The van der Waals surface area contributed by atoms with Gasteiger partial charge < -0.3 is 5.32 Å². The normalized spacial score (nSPS) is 36.1. The molecule has 1 aliphatic carbocycles. The molecule has 3 atom stereocenters. The van der Waals surface area contributed by atoms with Crippen molar-refractivity contribution in [2.45, 2.75) is 38.5 Å². The van der Waals surface area contributed by atoms with Crippen LogP contribution in [0.4, 0.5) is 4.39 Å². The third-order valence-corrected chi connectivity index (χ3v) is 5.05. The molecule has 18 heavy (non-hydrogen) atoms. The Morgan fingerprint density at radius 3 is 2.67 bits per heavy atom. The molecule has 1 N–H and O–H groups in total. The van der Waals surface area contributed by atoms with E-state index in [9.17, 15) is 4.39 Å². The first-order chi connectivity index (χ1) is 8.70. The van der Waals surface area contributed by atoms with Crippen molar-refractivity contribution in [1.29, 1.82) is 0 Å². The fourth-order valence-electron chi connectivity index (χ4n) is 4.12. The Morgan fingerprint density at radius 2 is 2.00 bits per heavy atom. The average molecular weight is 247 g/mol. The van der Waals surface area contributed by atoms with Gasteiger partial charge in [-0.1, -0.05) is 25.5 Å². The Hall–Kier alpha value is -0.890. The molecule has 1 spiro atoms. The number of piperidine rings is 1. The van der Waals surface area contributed by atoms with Gasteiger partial charge in [0.05, 0.1) is 0 Å². The summed E-state index contributed by atoms with van der Waals surface area (Å²) in [5.41, 5.74) is 1.79. The third-order valence-electron chi connectivity index (χ3n) is 5.05. The molecular formula is C16H22FN. The molecule has 0 amide bonds. The molecule has 1 aliphatic heterocycles. The number of benzene rings is 1. The van der Waals surface area contributed by atoms with E-state index >= 15 is 0 Å². The van der Waals surface area contributed by atoms with Crippen LogP contribution in [0.2, 0.25) is 0 Å². The summed E-state index contributed by atoms with van der Waals surface area (Å²) in [7, 11) is 0. The first-order valence-electron chi connectivity index (χ1n) is 7.16. The highest BCUT2D eigenvalue weighted by molar-refractivity contribution is 5.25. The van der Waals surface area contributed by atoms with Gasteiger partial charge in [0.25, 0.3) is 0 Å². The first-order valence-corrected chi connectivity index (χ1v) is 7.16. The smallest absolute Gasteiger partial charge is 0.123 e. The molecule has 98 valence electrons. The van der Waals surface area contributed by atoms with Gasteiger partial charge in [-0.3, -0.25) is 0 Å². The monoisotopic (exact) mass is 247 g/mol. The number of hydrogen-bond acceptors (Lipinski definition) is 1. The molecule has 1 saturated carbocycles. The summed E-state index contributed by atoms with van der Waals surface area (Å²) in [6, 6.07) is 7.18. The summed E-state index contributed by atoms with van der Waals surface area (Å²) < 4.78 is 13.1. The second kappa shape index (κ2) is 4.65. The lowest BCUT2D eigenvalue weighted by atomic mass is 9.66. The van der Waals surface area contributed by atoms with E-state index < -0.39 is 0 Å². The van der Waals surface area contributed by atoms with Crippen LogP contribution in [-0.4, -0.2) is 13.1 Å². The highest BCUT2D eigenvalue weighted by atomic mass is 19.1. The van der Waals surface area contributed by atoms with E-state index in [4.69, 9.17) is 0 Å². The Kier molecular flexibility index (Phi) is 3.14. The lowest BCUT2D eigenvalue weighted by Crippen LogP contribution is -2.42. The lowest BCUT2D eigenvalue weighted by Gasteiger charge is -2.42. The van der Waals surface area contributed by atoms with Crippen molar-refractivity contribution >= 4 is 0 Å². The fourth-order valence-corrected chi connectivity index (χ4v) is 4.12. The van der Waals surface area contributed by atoms with Crippen LogP contribution in [0, 0.1) is 17.2 Å². The second-order valence-electron chi connectivity index (χ2n) is 6.27. The minimum atomic E-state index is -0.128. The first kappa shape index (κ1) is 12.2. The van der Waals surface area contributed by atoms with E-state index in [-0.39, 0.29) is 5.82 Å². The zero-order chi connectivity index (χ0) is 12.6. The topological polar surface area (TPSA) is 12.0 Å². The minimum absolute atomic E-state index is 0.128. The molecule has 1 aromatic rings. The lowest BCUT2D eigenvalue weighted by molar-refractivity contribution is 0.164. The summed E-state index contributed by atoms with van der Waals surface area (Å²) in [5.74, 6) is 1.29.